The lowest BCUT2D eigenvalue weighted by Gasteiger charge is -2.20. The van der Waals surface area contributed by atoms with Crippen molar-refractivity contribution in [2.75, 3.05) is 12.9 Å². The van der Waals surface area contributed by atoms with E-state index in [1.54, 1.807) is 20.8 Å². The maximum atomic E-state index is 12.9. The Morgan fingerprint density at radius 1 is 0.967 bits per heavy atom. The third kappa shape index (κ3) is 9.93. The molecule has 0 unspecified atom stereocenters. The van der Waals surface area contributed by atoms with Crippen molar-refractivity contribution in [2.45, 2.75) is 39.2 Å². The number of hydrogen-bond acceptors (Lipinski definition) is 9. The van der Waals surface area contributed by atoms with Crippen LogP contribution < -0.4 is 8.31 Å². The smallest absolute Gasteiger partial charge is 0.395 e. The Morgan fingerprint density at radius 2 is 1.47 bits per heavy atom. The molecule has 0 fully saturated rings. The minimum atomic E-state index is -4.91. The number of rotatable bonds is 8. The van der Waals surface area contributed by atoms with Gasteiger partial charge in [-0.25, -0.2) is 26.8 Å². The van der Waals surface area contributed by atoms with Crippen LogP contribution in [0.3, 0.4) is 0 Å². The summed E-state index contributed by atoms with van der Waals surface area (Å²) in [5.41, 5.74) is -1.83. The second kappa shape index (κ2) is 8.81. The molecule has 0 aliphatic heterocycles. The molecular weight excluding hydrogens is 452 g/mol. The highest BCUT2D eigenvalue weighted by molar-refractivity contribution is 8.02. The normalized spacial score (nSPS) is 12.9. The SMILES string of the molecule is CC(F)(F)COC(=O)c1cc(OS(=O)(=O)NS(C)(=O)=O)cc(C(=O)OC(C)(C)C)c1. The zero-order chi connectivity index (χ0) is 23.5. The Balaban J connectivity index is 3.34. The Morgan fingerprint density at radius 3 is 1.90 bits per heavy atom. The predicted molar refractivity (Wildman–Crippen MR) is 100 cm³/mol. The van der Waals surface area contributed by atoms with E-state index in [0.29, 0.717) is 13.2 Å². The van der Waals surface area contributed by atoms with Crippen molar-refractivity contribution in [2.24, 2.45) is 0 Å². The summed E-state index contributed by atoms with van der Waals surface area (Å²) in [7, 11) is -9.14. The van der Waals surface area contributed by atoms with Crippen molar-refractivity contribution in [3.8, 4) is 5.75 Å². The maximum Gasteiger partial charge on any atom is 0.395 e. The standard InChI is InChI=1S/C16H21F2NO9S2/c1-15(2,3)27-14(21)11-6-10(13(20)26-9-16(4,17)18)7-12(8-11)28-30(24,25)19-29(5,22)23/h6-8,19H,9H2,1-5H3. The number of nitrogens with one attached hydrogen (secondary N) is 1. The molecule has 0 spiro atoms. The molecule has 1 aromatic rings. The number of alkyl halides is 2. The third-order valence-electron chi connectivity index (χ3n) is 2.69. The Labute approximate surface area is 172 Å². The first-order valence-corrected chi connectivity index (χ1v) is 11.4. The van der Waals surface area contributed by atoms with Gasteiger partial charge in [0, 0.05) is 6.92 Å². The maximum absolute atomic E-state index is 12.9. The van der Waals surface area contributed by atoms with E-state index in [2.05, 4.69) is 8.92 Å². The molecule has 0 saturated heterocycles. The quantitative estimate of drug-likeness (QED) is 0.557. The number of benzene rings is 1. The van der Waals surface area contributed by atoms with Gasteiger partial charge >= 0.3 is 22.2 Å². The molecule has 0 radical (unpaired) electrons. The summed E-state index contributed by atoms with van der Waals surface area (Å²) in [6.45, 7) is 3.88. The fourth-order valence-corrected chi connectivity index (χ4v) is 3.79. The zero-order valence-corrected chi connectivity index (χ0v) is 18.3. The van der Waals surface area contributed by atoms with Crippen LogP contribution in [0, 0.1) is 0 Å². The molecule has 0 atom stereocenters. The Kier molecular flexibility index (Phi) is 7.55. The largest absolute Gasteiger partial charge is 0.456 e. The second-order valence-corrected chi connectivity index (χ2v) is 10.6. The van der Waals surface area contributed by atoms with E-state index in [-0.39, 0.29) is 5.56 Å². The first kappa shape index (κ1) is 25.7. The van der Waals surface area contributed by atoms with Crippen LogP contribution in [0.4, 0.5) is 8.78 Å². The number of hydrogen-bond donors (Lipinski definition) is 1. The van der Waals surface area contributed by atoms with Crippen LogP contribution in [0.15, 0.2) is 18.2 Å². The van der Waals surface area contributed by atoms with E-state index in [9.17, 15) is 35.2 Å². The van der Waals surface area contributed by atoms with Crippen LogP contribution in [0.1, 0.15) is 48.4 Å². The van der Waals surface area contributed by atoms with Gasteiger partial charge in [0.2, 0.25) is 10.0 Å². The van der Waals surface area contributed by atoms with Crippen LogP contribution in [0.2, 0.25) is 0 Å². The van der Waals surface area contributed by atoms with Gasteiger partial charge in [0.15, 0.2) is 6.61 Å². The number of halogens is 2. The van der Waals surface area contributed by atoms with Crippen molar-refractivity contribution in [3.63, 3.8) is 0 Å². The summed E-state index contributed by atoms with van der Waals surface area (Å²) in [5, 5.41) is 0. The molecule has 170 valence electrons. The third-order valence-corrected chi connectivity index (χ3v) is 5.13. The van der Waals surface area contributed by atoms with Gasteiger partial charge in [0.1, 0.15) is 11.4 Å². The van der Waals surface area contributed by atoms with Crippen LogP contribution in [-0.2, 0) is 29.8 Å². The van der Waals surface area contributed by atoms with Crippen LogP contribution >= 0.6 is 0 Å². The fourth-order valence-electron chi connectivity index (χ4n) is 1.82. The molecule has 0 aliphatic rings. The lowest BCUT2D eigenvalue weighted by molar-refractivity contribution is -0.0467. The topological polar surface area (TPSA) is 142 Å². The fraction of sp³-hybridized carbons (Fsp3) is 0.500. The summed E-state index contributed by atoms with van der Waals surface area (Å²) >= 11 is 0. The number of sulfonamides is 1. The summed E-state index contributed by atoms with van der Waals surface area (Å²) in [6.07, 6.45) is 0.554. The highest BCUT2D eigenvalue weighted by Gasteiger charge is 2.27. The molecule has 0 amide bonds. The van der Waals surface area contributed by atoms with Crippen LogP contribution in [-0.4, -0.2) is 53.2 Å². The van der Waals surface area contributed by atoms with Crippen molar-refractivity contribution in [1.82, 2.24) is 4.13 Å². The monoisotopic (exact) mass is 473 g/mol. The van der Waals surface area contributed by atoms with Gasteiger partial charge in [-0.3, -0.25) is 0 Å². The molecule has 14 heteroatoms. The molecule has 0 heterocycles. The van der Waals surface area contributed by atoms with E-state index < -0.39 is 61.7 Å². The first-order chi connectivity index (χ1) is 13.3. The van der Waals surface area contributed by atoms with Gasteiger partial charge in [0.25, 0.3) is 5.92 Å². The molecular formula is C16H21F2NO9S2. The van der Waals surface area contributed by atoms with Gasteiger partial charge in [-0.2, -0.15) is 8.42 Å². The number of carbonyl (C=O) groups is 2. The van der Waals surface area contributed by atoms with Gasteiger partial charge in [-0.15, -0.1) is 0 Å². The lowest BCUT2D eigenvalue weighted by atomic mass is 10.1. The Bertz CT molecular complexity index is 1020. The molecule has 1 rings (SSSR count). The van der Waals surface area contributed by atoms with Crippen molar-refractivity contribution in [3.05, 3.63) is 29.3 Å². The predicted octanol–water partition coefficient (Wildman–Crippen LogP) is 1.63. The molecule has 0 aromatic heterocycles. The van der Waals surface area contributed by atoms with E-state index in [0.717, 1.165) is 18.2 Å². The second-order valence-electron chi connectivity index (χ2n) is 7.29. The number of ether oxygens (including phenoxy) is 2. The number of esters is 2. The highest BCUT2D eigenvalue weighted by atomic mass is 32.3. The van der Waals surface area contributed by atoms with Crippen molar-refractivity contribution >= 4 is 32.3 Å². The molecule has 1 N–H and O–H groups in total. The van der Waals surface area contributed by atoms with E-state index in [1.807, 2.05) is 0 Å². The summed E-state index contributed by atoms with van der Waals surface area (Å²) < 4.78 is 87.1. The zero-order valence-electron chi connectivity index (χ0n) is 16.7. The molecule has 0 aliphatic carbocycles. The molecule has 0 saturated carbocycles. The van der Waals surface area contributed by atoms with Gasteiger partial charge in [0.05, 0.1) is 17.4 Å². The summed E-state index contributed by atoms with van der Waals surface area (Å²) in [6, 6.07) is 2.56. The summed E-state index contributed by atoms with van der Waals surface area (Å²) in [4.78, 5) is 24.4. The average molecular weight is 473 g/mol. The molecule has 1 aromatic carbocycles. The highest BCUT2D eigenvalue weighted by Crippen LogP contribution is 2.23. The van der Waals surface area contributed by atoms with Gasteiger partial charge < -0.3 is 13.7 Å². The molecule has 30 heavy (non-hydrogen) atoms. The van der Waals surface area contributed by atoms with Gasteiger partial charge in [-0.05, 0) is 39.0 Å². The minimum absolute atomic E-state index is 0.368. The Hall–Kier alpha value is -2.32. The van der Waals surface area contributed by atoms with E-state index in [1.165, 1.54) is 4.13 Å². The lowest BCUT2D eigenvalue weighted by Crippen LogP contribution is -2.33. The van der Waals surface area contributed by atoms with Crippen molar-refractivity contribution in [1.29, 1.82) is 0 Å². The first-order valence-electron chi connectivity index (χ1n) is 8.13. The van der Waals surface area contributed by atoms with Crippen LogP contribution in [0.5, 0.6) is 5.75 Å². The molecule has 0 bridgehead atoms. The minimum Gasteiger partial charge on any atom is -0.456 e. The van der Waals surface area contributed by atoms with E-state index >= 15 is 0 Å². The van der Waals surface area contributed by atoms with Crippen LogP contribution in [0.25, 0.3) is 0 Å². The molecule has 10 nitrogen and oxygen atoms in total. The van der Waals surface area contributed by atoms with Gasteiger partial charge in [-0.1, -0.05) is 4.13 Å². The average Bonchev–Trinajstić information content (AvgIpc) is 2.46. The number of carbonyl (C=O) groups excluding carboxylic acids is 2. The summed E-state index contributed by atoms with van der Waals surface area (Å²) in [5.74, 6) is -6.29. The van der Waals surface area contributed by atoms with E-state index in [4.69, 9.17) is 4.74 Å². The van der Waals surface area contributed by atoms with Crippen molar-refractivity contribution < 1.29 is 48.9 Å².